The van der Waals surface area contributed by atoms with Gasteiger partial charge in [0.15, 0.2) is 0 Å². The van der Waals surface area contributed by atoms with Crippen molar-refractivity contribution < 1.29 is 14.3 Å². The van der Waals surface area contributed by atoms with Crippen molar-refractivity contribution in [2.45, 2.75) is 70.1 Å². The number of nitrogens with zero attached hydrogens (tertiary/aromatic N) is 6. The van der Waals surface area contributed by atoms with Crippen LogP contribution in [-0.2, 0) is 16.6 Å². The average Bonchev–Trinajstić information content (AvgIpc) is 3.65. The van der Waals surface area contributed by atoms with Crippen LogP contribution in [0.4, 0.5) is 0 Å². The molecule has 1 amide bonds. The second kappa shape index (κ2) is 10.2. The van der Waals surface area contributed by atoms with E-state index in [0.29, 0.717) is 43.0 Å². The summed E-state index contributed by atoms with van der Waals surface area (Å²) in [4.78, 5) is 38.0. The van der Waals surface area contributed by atoms with Crippen LogP contribution in [0.3, 0.4) is 0 Å². The van der Waals surface area contributed by atoms with Crippen LogP contribution in [0.1, 0.15) is 57.6 Å². The number of hydrogen-bond donors (Lipinski definition) is 0. The van der Waals surface area contributed by atoms with Gasteiger partial charge in [0.25, 0.3) is 0 Å². The van der Waals surface area contributed by atoms with Crippen LogP contribution < -0.4 is 4.74 Å². The summed E-state index contributed by atoms with van der Waals surface area (Å²) in [5, 5.41) is 5.52. The van der Waals surface area contributed by atoms with E-state index in [-0.39, 0.29) is 24.0 Å². The van der Waals surface area contributed by atoms with Gasteiger partial charge in [-0.05, 0) is 57.1 Å². The Morgan fingerprint density at radius 3 is 2.63 bits per heavy atom. The second-order valence-corrected chi connectivity index (χ2v) is 11.7. The van der Waals surface area contributed by atoms with Crippen molar-refractivity contribution in [3.63, 3.8) is 0 Å². The summed E-state index contributed by atoms with van der Waals surface area (Å²) in [7, 11) is 3.80. The summed E-state index contributed by atoms with van der Waals surface area (Å²) >= 11 is 0. The number of carbonyl (C=O) groups is 2. The fourth-order valence-electron chi connectivity index (χ4n) is 6.60. The summed E-state index contributed by atoms with van der Waals surface area (Å²) in [6.45, 7) is 4.40. The van der Waals surface area contributed by atoms with E-state index in [1.807, 2.05) is 44.4 Å². The minimum Gasteiger partial charge on any atom is -0.474 e. The van der Waals surface area contributed by atoms with E-state index < -0.39 is 0 Å². The summed E-state index contributed by atoms with van der Waals surface area (Å²) in [5.41, 5.74) is 2.70. The topological polar surface area (TPSA) is 92.9 Å². The lowest BCUT2D eigenvalue weighted by atomic mass is 9.81. The number of aliphatic imine (C=N–C) groups is 1. The van der Waals surface area contributed by atoms with Gasteiger partial charge in [0.1, 0.15) is 11.9 Å². The summed E-state index contributed by atoms with van der Waals surface area (Å²) < 4.78 is 8.17. The molecule has 2 saturated carbocycles. The van der Waals surface area contributed by atoms with Gasteiger partial charge in [-0.15, -0.1) is 0 Å². The van der Waals surface area contributed by atoms with Crippen molar-refractivity contribution in [2.75, 3.05) is 26.7 Å². The second-order valence-electron chi connectivity index (χ2n) is 11.7. The lowest BCUT2D eigenvalue weighted by molar-refractivity contribution is -0.135. The Morgan fingerprint density at radius 2 is 1.89 bits per heavy atom. The smallest absolute Gasteiger partial charge is 0.236 e. The van der Waals surface area contributed by atoms with Gasteiger partial charge in [-0.2, -0.15) is 5.10 Å². The molecule has 1 unspecified atom stereocenters. The van der Waals surface area contributed by atoms with Crippen LogP contribution in [0.15, 0.2) is 23.3 Å². The van der Waals surface area contributed by atoms with Crippen LogP contribution in [0, 0.1) is 11.8 Å². The van der Waals surface area contributed by atoms with Crippen molar-refractivity contribution in [2.24, 2.45) is 23.9 Å². The molecule has 4 heterocycles. The first-order chi connectivity index (χ1) is 18.3. The molecule has 9 heteroatoms. The van der Waals surface area contributed by atoms with Gasteiger partial charge < -0.3 is 9.64 Å². The van der Waals surface area contributed by atoms with Crippen molar-refractivity contribution in [1.29, 1.82) is 0 Å². The number of Topliss-reactive ketones (excluding diaryl/α,β-unsaturated/α-hetero) is 1. The standard InChI is InChI=1S/C29H38N6O3/c1-18(20-6-9-23(36)12-20)38-29-24-16-34(3)32-27(24)14-26(31-29)21-13-25(30-15-21)19-4-7-22(8-5-19)35-11-10-33(2)28(37)17-35/h13-16,18-20,22,25H,4-12,17H2,1-3H3/t18-,19?,20+,22?,25?/m1/s1. The minimum atomic E-state index is -0.0858. The number of pyridine rings is 1. The number of likely N-dealkylation sites (N-methyl/N-ethyl adjacent to an activating group) is 1. The number of hydrogen-bond acceptors (Lipinski definition) is 7. The number of ether oxygens (including phenoxy) is 1. The molecule has 0 spiro atoms. The average molecular weight is 519 g/mol. The molecular formula is C29H38N6O3. The van der Waals surface area contributed by atoms with Crippen molar-refractivity contribution >= 4 is 34.4 Å². The number of ketones is 1. The zero-order valence-corrected chi connectivity index (χ0v) is 22.7. The first-order valence-electron chi connectivity index (χ1n) is 14.1. The maximum atomic E-state index is 12.2. The lowest BCUT2D eigenvalue weighted by Crippen LogP contribution is -2.53. The number of carbonyl (C=O) groups excluding carboxylic acids is 2. The third-order valence-electron chi connectivity index (χ3n) is 9.09. The van der Waals surface area contributed by atoms with Crippen molar-refractivity contribution in [3.8, 4) is 5.88 Å². The van der Waals surface area contributed by atoms with Crippen LogP contribution in [0.2, 0.25) is 0 Å². The van der Waals surface area contributed by atoms with E-state index >= 15 is 0 Å². The largest absolute Gasteiger partial charge is 0.474 e. The molecular weight excluding hydrogens is 480 g/mol. The first kappa shape index (κ1) is 25.2. The fourth-order valence-corrected chi connectivity index (χ4v) is 6.60. The van der Waals surface area contributed by atoms with Crippen LogP contribution in [0.5, 0.6) is 5.88 Å². The molecule has 2 aromatic heterocycles. The van der Waals surface area contributed by atoms with E-state index in [4.69, 9.17) is 14.7 Å². The highest BCUT2D eigenvalue weighted by Gasteiger charge is 2.34. The van der Waals surface area contributed by atoms with Gasteiger partial charge in [0.2, 0.25) is 11.8 Å². The number of aromatic nitrogens is 3. The number of piperazine rings is 1. The van der Waals surface area contributed by atoms with Gasteiger partial charge in [-0.1, -0.05) is 0 Å². The quantitative estimate of drug-likeness (QED) is 0.583. The molecule has 38 heavy (non-hydrogen) atoms. The Balaban J connectivity index is 1.15. The molecule has 3 atom stereocenters. The van der Waals surface area contributed by atoms with Gasteiger partial charge >= 0.3 is 0 Å². The summed E-state index contributed by atoms with van der Waals surface area (Å²) in [6.07, 6.45) is 12.7. The molecule has 6 rings (SSSR count). The predicted molar refractivity (Wildman–Crippen MR) is 146 cm³/mol. The monoisotopic (exact) mass is 518 g/mol. The number of amides is 1. The predicted octanol–water partition coefficient (Wildman–Crippen LogP) is 3.27. The number of fused-ring (bicyclic) bond motifs is 1. The molecule has 0 aromatic carbocycles. The van der Waals surface area contributed by atoms with Crippen LogP contribution in [0.25, 0.3) is 16.5 Å². The Hall–Kier alpha value is -3.07. The summed E-state index contributed by atoms with van der Waals surface area (Å²) in [6, 6.07) is 2.69. The first-order valence-corrected chi connectivity index (χ1v) is 14.1. The van der Waals surface area contributed by atoms with Gasteiger partial charge in [0.05, 0.1) is 29.2 Å². The van der Waals surface area contributed by atoms with Crippen LogP contribution >= 0.6 is 0 Å². The number of rotatable bonds is 6. The van der Waals surface area contributed by atoms with Crippen molar-refractivity contribution in [1.82, 2.24) is 24.6 Å². The van der Waals surface area contributed by atoms with E-state index in [9.17, 15) is 9.59 Å². The van der Waals surface area contributed by atoms with Gasteiger partial charge in [0, 0.05) is 70.0 Å². The van der Waals surface area contributed by atoms with Crippen molar-refractivity contribution in [3.05, 3.63) is 24.0 Å². The molecule has 202 valence electrons. The number of aryl methyl sites for hydroxylation is 1. The molecule has 2 aliphatic heterocycles. The van der Waals surface area contributed by atoms with E-state index in [1.165, 1.54) is 0 Å². The molecule has 1 saturated heterocycles. The fraction of sp³-hybridized carbons (Fsp3) is 0.621. The molecule has 2 aliphatic carbocycles. The maximum Gasteiger partial charge on any atom is 0.236 e. The summed E-state index contributed by atoms with van der Waals surface area (Å²) in [5.74, 6) is 1.88. The molecule has 9 nitrogen and oxygen atoms in total. The highest BCUT2D eigenvalue weighted by atomic mass is 16.5. The Labute approximate surface area is 223 Å². The lowest BCUT2D eigenvalue weighted by Gasteiger charge is -2.41. The number of allylic oxidation sites excluding steroid dienone is 1. The maximum absolute atomic E-state index is 12.2. The molecule has 0 radical (unpaired) electrons. The molecule has 4 aliphatic rings. The molecule has 0 bridgehead atoms. The Bertz CT molecular complexity index is 1290. The highest BCUT2D eigenvalue weighted by molar-refractivity contribution is 6.12. The molecule has 3 fully saturated rings. The molecule has 2 aromatic rings. The van der Waals surface area contributed by atoms with E-state index in [0.717, 1.165) is 67.4 Å². The Morgan fingerprint density at radius 1 is 1.08 bits per heavy atom. The Kier molecular flexibility index (Phi) is 6.80. The van der Waals surface area contributed by atoms with E-state index in [1.54, 1.807) is 4.68 Å². The van der Waals surface area contributed by atoms with Crippen LogP contribution in [-0.4, -0.2) is 87.3 Å². The zero-order chi connectivity index (χ0) is 26.4. The van der Waals surface area contributed by atoms with E-state index in [2.05, 4.69) is 16.1 Å². The van der Waals surface area contributed by atoms with Gasteiger partial charge in [-0.3, -0.25) is 24.2 Å². The third-order valence-corrected chi connectivity index (χ3v) is 9.09. The highest BCUT2D eigenvalue weighted by Crippen LogP contribution is 2.36. The third kappa shape index (κ3) is 5.00. The SMILES string of the molecule is C[C@@H](Oc1nc(C2=CC(C3CCC(N4CCN(C)C(=O)C4)CC3)N=C2)cc2nn(C)cc12)[C@H]1CCC(=O)C1. The molecule has 0 N–H and O–H groups in total. The minimum absolute atomic E-state index is 0.0858. The zero-order valence-electron chi connectivity index (χ0n) is 22.7. The normalized spacial score (nSPS) is 29.3. The van der Waals surface area contributed by atoms with Gasteiger partial charge in [-0.25, -0.2) is 4.98 Å².